The van der Waals surface area contributed by atoms with Crippen LogP contribution in [0.4, 0.5) is 5.69 Å². The maximum atomic E-state index is 13.3. The Morgan fingerprint density at radius 3 is 1.94 bits per heavy atom. The van der Waals surface area contributed by atoms with Crippen molar-refractivity contribution >= 4 is 23.5 Å². The van der Waals surface area contributed by atoms with Crippen LogP contribution in [0.1, 0.15) is 75.3 Å². The Bertz CT molecular complexity index is 1420. The third-order valence-electron chi connectivity index (χ3n) is 8.12. The molecule has 10 N–H and O–H groups in total. The number of aromatic carboxylic acids is 2. The van der Waals surface area contributed by atoms with Crippen LogP contribution in [-0.4, -0.2) is 103 Å². The number of nitrogens with one attached hydrogen (secondary N) is 3. The highest BCUT2D eigenvalue weighted by Crippen LogP contribution is 2.30. The smallest absolute Gasteiger partial charge is 0.335 e. The van der Waals surface area contributed by atoms with E-state index < -0.39 is 48.9 Å². The number of hydrogen-bond acceptors (Lipinski definition) is 9. The van der Waals surface area contributed by atoms with E-state index in [0.29, 0.717) is 11.5 Å². The van der Waals surface area contributed by atoms with Gasteiger partial charge in [0, 0.05) is 23.6 Å². The fourth-order valence-corrected chi connectivity index (χ4v) is 5.53. The molecule has 0 bridgehead atoms. The lowest BCUT2D eigenvalue weighted by Crippen LogP contribution is -2.48. The molecule has 1 saturated carbocycles. The van der Waals surface area contributed by atoms with E-state index in [4.69, 9.17) is 20.4 Å². The van der Waals surface area contributed by atoms with E-state index in [0.717, 1.165) is 42.3 Å². The summed E-state index contributed by atoms with van der Waals surface area (Å²) in [6, 6.07) is 15.2. The Morgan fingerprint density at radius 1 is 0.830 bits per heavy atom. The van der Waals surface area contributed by atoms with Crippen molar-refractivity contribution in [2.45, 2.75) is 69.4 Å². The average Bonchev–Trinajstić information content (AvgIpc) is 3.32. The number of aromatic amines is 1. The van der Waals surface area contributed by atoms with E-state index in [9.17, 15) is 29.7 Å². The Kier molecular flexibility index (Phi) is 14.5. The Labute approximate surface area is 272 Å². The Balaban J connectivity index is 0.000000392. The van der Waals surface area contributed by atoms with Crippen LogP contribution in [0.5, 0.6) is 0 Å². The normalized spacial score (nSPS) is 16.1. The first-order valence-electron chi connectivity index (χ1n) is 15.6. The van der Waals surface area contributed by atoms with Crippen molar-refractivity contribution in [3.8, 4) is 11.3 Å². The number of H-pyrrole nitrogens is 1. The van der Waals surface area contributed by atoms with Gasteiger partial charge in [-0.2, -0.15) is 0 Å². The zero-order valence-corrected chi connectivity index (χ0v) is 26.3. The standard InChI is InChI=1S/C27H28N2O5.C7H17NO5/c30-25(28-21-14-19(26(31)32)13-20(15-21)27(33)34)22-16-23(18-10-6-3-7-11-18)29-24(22)12-17-8-4-1-2-5-9-17;1-8-2-4(10)6(12)7(13)5(11)3-9/h3,6-7,10-11,13-17,29H,1-2,4-5,8-9,12H2,(H,28,30)(H,31,32)(H,33,34);4-13H,2-3H2,1H3. The predicted octanol–water partition coefficient (Wildman–Crippen LogP) is 2.49. The molecule has 0 aliphatic heterocycles. The molecule has 4 unspecified atom stereocenters. The average molecular weight is 656 g/mol. The molecule has 0 saturated heterocycles. The molecule has 1 aliphatic carbocycles. The van der Waals surface area contributed by atoms with Gasteiger partial charge in [0.05, 0.1) is 29.4 Å². The molecule has 0 radical (unpaired) electrons. The molecule has 0 spiro atoms. The van der Waals surface area contributed by atoms with Gasteiger partial charge in [-0.15, -0.1) is 0 Å². The number of likely N-dealkylation sites (N-methyl/N-ethyl adjacent to an activating group) is 1. The molecule has 13 heteroatoms. The Morgan fingerprint density at radius 2 is 1.40 bits per heavy atom. The topological polar surface area (TPSA) is 233 Å². The minimum atomic E-state index is -1.55. The SMILES string of the molecule is CNCC(O)C(O)C(O)C(O)CO.O=C(O)c1cc(NC(=O)c2cc(-c3ccccc3)[nH]c2CC2CCCCCC2)cc(C(=O)O)c1. The summed E-state index contributed by atoms with van der Waals surface area (Å²) in [4.78, 5) is 39.6. The minimum absolute atomic E-state index is 0.0936. The lowest BCUT2D eigenvalue weighted by Gasteiger charge is -2.25. The molecule has 1 aromatic heterocycles. The van der Waals surface area contributed by atoms with E-state index in [1.54, 1.807) is 7.05 Å². The van der Waals surface area contributed by atoms with Gasteiger partial charge in [-0.05, 0) is 49.2 Å². The number of carboxylic acid groups (broad SMARTS) is 2. The summed E-state index contributed by atoms with van der Waals surface area (Å²) in [6.07, 6.45) is 2.24. The van der Waals surface area contributed by atoms with Crippen LogP contribution >= 0.6 is 0 Å². The zero-order valence-electron chi connectivity index (χ0n) is 26.3. The van der Waals surface area contributed by atoms with E-state index >= 15 is 0 Å². The van der Waals surface area contributed by atoms with Crippen molar-refractivity contribution < 1.29 is 50.1 Å². The monoisotopic (exact) mass is 655 g/mol. The van der Waals surface area contributed by atoms with E-state index in [-0.39, 0.29) is 23.4 Å². The van der Waals surface area contributed by atoms with Gasteiger partial charge < -0.3 is 51.4 Å². The van der Waals surface area contributed by atoms with Gasteiger partial charge in [0.1, 0.15) is 18.3 Å². The molecular weight excluding hydrogens is 610 g/mol. The summed E-state index contributed by atoms with van der Waals surface area (Å²) in [6.45, 7) is -0.569. The molecule has 1 amide bonds. The number of anilines is 1. The number of benzene rings is 2. The van der Waals surface area contributed by atoms with Crippen molar-refractivity contribution in [2.75, 3.05) is 25.5 Å². The van der Waals surface area contributed by atoms with Crippen LogP contribution < -0.4 is 10.6 Å². The van der Waals surface area contributed by atoms with Crippen molar-refractivity contribution in [2.24, 2.45) is 5.92 Å². The van der Waals surface area contributed by atoms with Crippen LogP contribution in [-0.2, 0) is 6.42 Å². The van der Waals surface area contributed by atoms with Crippen LogP contribution in [0.15, 0.2) is 54.6 Å². The molecule has 256 valence electrons. The summed E-state index contributed by atoms with van der Waals surface area (Å²) in [5.41, 5.74) is 2.85. The highest BCUT2D eigenvalue weighted by Gasteiger charge is 2.29. The van der Waals surface area contributed by atoms with Crippen molar-refractivity contribution in [3.63, 3.8) is 0 Å². The first-order valence-corrected chi connectivity index (χ1v) is 15.6. The maximum Gasteiger partial charge on any atom is 0.335 e. The zero-order chi connectivity index (χ0) is 34.5. The van der Waals surface area contributed by atoms with Gasteiger partial charge in [-0.3, -0.25) is 4.79 Å². The lowest BCUT2D eigenvalue weighted by molar-refractivity contribution is -0.113. The first-order chi connectivity index (χ1) is 22.4. The van der Waals surface area contributed by atoms with E-state index in [2.05, 4.69) is 15.6 Å². The van der Waals surface area contributed by atoms with Gasteiger partial charge in [0.2, 0.25) is 0 Å². The van der Waals surface area contributed by atoms with Gasteiger partial charge in [-0.1, -0.05) is 68.9 Å². The van der Waals surface area contributed by atoms with Gasteiger partial charge in [0.15, 0.2) is 0 Å². The highest BCUT2D eigenvalue weighted by molar-refractivity contribution is 6.07. The molecule has 1 heterocycles. The third kappa shape index (κ3) is 11.0. The highest BCUT2D eigenvalue weighted by atomic mass is 16.4. The van der Waals surface area contributed by atoms with Crippen LogP contribution in [0.2, 0.25) is 0 Å². The Hall–Kier alpha value is -4.11. The quantitative estimate of drug-likeness (QED) is 0.120. The number of carbonyl (C=O) groups is 3. The number of aliphatic hydroxyl groups is 5. The molecule has 47 heavy (non-hydrogen) atoms. The second-order valence-corrected chi connectivity index (χ2v) is 11.7. The molecule has 1 fully saturated rings. The fraction of sp³-hybridized carbons (Fsp3) is 0.441. The van der Waals surface area contributed by atoms with Crippen molar-refractivity contribution in [3.05, 3.63) is 77.0 Å². The largest absolute Gasteiger partial charge is 0.478 e. The number of carbonyl (C=O) groups excluding carboxylic acids is 1. The number of hydrogen-bond donors (Lipinski definition) is 10. The first kappa shape index (κ1) is 37.3. The van der Waals surface area contributed by atoms with Crippen molar-refractivity contribution in [1.82, 2.24) is 10.3 Å². The van der Waals surface area contributed by atoms with Gasteiger partial charge in [0.25, 0.3) is 5.91 Å². The van der Waals surface area contributed by atoms with Crippen LogP contribution in [0.25, 0.3) is 11.3 Å². The molecular formula is C34H45N3O10. The molecule has 13 nitrogen and oxygen atoms in total. The third-order valence-corrected chi connectivity index (χ3v) is 8.12. The number of rotatable bonds is 13. The minimum Gasteiger partial charge on any atom is -0.478 e. The molecule has 3 aromatic rings. The summed E-state index contributed by atoms with van der Waals surface area (Å²) in [5, 5.41) is 68.9. The molecule has 2 aromatic carbocycles. The van der Waals surface area contributed by atoms with Crippen molar-refractivity contribution in [1.29, 1.82) is 0 Å². The molecule has 1 aliphatic rings. The van der Waals surface area contributed by atoms with Crippen LogP contribution in [0, 0.1) is 5.92 Å². The molecule has 4 atom stereocenters. The van der Waals surface area contributed by atoms with Crippen LogP contribution in [0.3, 0.4) is 0 Å². The lowest BCUT2D eigenvalue weighted by atomic mass is 9.93. The molecule has 4 rings (SSSR count). The second-order valence-electron chi connectivity index (χ2n) is 11.7. The second kappa shape index (κ2) is 18.3. The summed E-state index contributed by atoms with van der Waals surface area (Å²) < 4.78 is 0. The number of carboxylic acids is 2. The fourth-order valence-electron chi connectivity index (χ4n) is 5.53. The van der Waals surface area contributed by atoms with E-state index in [1.807, 2.05) is 36.4 Å². The number of aromatic nitrogens is 1. The maximum absolute atomic E-state index is 13.3. The van der Waals surface area contributed by atoms with E-state index in [1.165, 1.54) is 37.8 Å². The summed E-state index contributed by atoms with van der Waals surface area (Å²) in [7, 11) is 1.57. The predicted molar refractivity (Wildman–Crippen MR) is 174 cm³/mol. The number of amides is 1. The number of aliphatic hydroxyl groups excluding tert-OH is 5. The summed E-state index contributed by atoms with van der Waals surface area (Å²) >= 11 is 0. The summed E-state index contributed by atoms with van der Waals surface area (Å²) in [5.74, 6) is -2.44. The van der Waals surface area contributed by atoms with Gasteiger partial charge in [-0.25, -0.2) is 9.59 Å². The van der Waals surface area contributed by atoms with Gasteiger partial charge >= 0.3 is 11.9 Å².